The second-order valence-corrected chi connectivity index (χ2v) is 4.61. The number of benzene rings is 1. The molecular formula is C14H15ClN4O. The van der Waals surface area contributed by atoms with Crippen molar-refractivity contribution in [3.63, 3.8) is 0 Å². The lowest BCUT2D eigenvalue weighted by atomic mass is 10.1. The molecule has 0 atom stereocenters. The molecule has 104 valence electrons. The minimum absolute atomic E-state index is 0.0315. The molecule has 0 amide bonds. The van der Waals surface area contributed by atoms with E-state index in [1.165, 1.54) is 0 Å². The molecule has 5 nitrogen and oxygen atoms in total. The summed E-state index contributed by atoms with van der Waals surface area (Å²) >= 11 is 6.38. The zero-order valence-corrected chi connectivity index (χ0v) is 11.8. The zero-order valence-electron chi connectivity index (χ0n) is 11.0. The highest BCUT2D eigenvalue weighted by atomic mass is 35.5. The molecule has 0 aliphatic heterocycles. The fraction of sp³-hybridized carbons (Fsp3) is 0.214. The van der Waals surface area contributed by atoms with E-state index in [1.807, 2.05) is 30.3 Å². The third kappa shape index (κ3) is 2.95. The van der Waals surface area contributed by atoms with E-state index in [0.29, 0.717) is 34.4 Å². The van der Waals surface area contributed by atoms with Crippen LogP contribution < -0.4 is 5.32 Å². The van der Waals surface area contributed by atoms with Crippen LogP contribution in [0.4, 0.5) is 5.82 Å². The molecular weight excluding hydrogens is 276 g/mol. The Labute approximate surface area is 122 Å². The average molecular weight is 291 g/mol. The fourth-order valence-corrected chi connectivity index (χ4v) is 2.22. The fourth-order valence-electron chi connectivity index (χ4n) is 1.84. The van der Waals surface area contributed by atoms with Gasteiger partial charge in [0.05, 0.1) is 17.2 Å². The van der Waals surface area contributed by atoms with Crippen molar-refractivity contribution in [2.75, 3.05) is 18.5 Å². The Balaban J connectivity index is 2.52. The number of halogens is 1. The lowest BCUT2D eigenvalue weighted by Crippen LogP contribution is -2.13. The Hall–Kier alpha value is -1.98. The smallest absolute Gasteiger partial charge is 0.159 e. The predicted molar refractivity (Wildman–Crippen MR) is 80.6 cm³/mol. The monoisotopic (exact) mass is 290 g/mol. The number of aliphatic hydroxyl groups excluding tert-OH is 1. The van der Waals surface area contributed by atoms with Crippen LogP contribution in [0.2, 0.25) is 5.02 Å². The maximum absolute atomic E-state index is 8.86. The van der Waals surface area contributed by atoms with Gasteiger partial charge in [0.2, 0.25) is 0 Å². The van der Waals surface area contributed by atoms with Gasteiger partial charge in [0.1, 0.15) is 5.69 Å². The lowest BCUT2D eigenvalue weighted by molar-refractivity contribution is 0.311. The van der Waals surface area contributed by atoms with Crippen molar-refractivity contribution in [1.29, 1.82) is 5.41 Å². The maximum Gasteiger partial charge on any atom is 0.159 e. The molecule has 0 saturated carbocycles. The van der Waals surface area contributed by atoms with Crippen LogP contribution in [0.3, 0.4) is 0 Å². The molecule has 2 aromatic rings. The Morgan fingerprint density at radius 3 is 2.60 bits per heavy atom. The number of anilines is 1. The highest BCUT2D eigenvalue weighted by Crippen LogP contribution is 2.31. The van der Waals surface area contributed by atoms with Gasteiger partial charge >= 0.3 is 0 Å². The van der Waals surface area contributed by atoms with Gasteiger partial charge in [-0.15, -0.1) is 10.2 Å². The second-order valence-electron chi connectivity index (χ2n) is 4.23. The molecule has 1 aromatic heterocycles. The lowest BCUT2D eigenvalue weighted by Gasteiger charge is -2.13. The highest BCUT2D eigenvalue weighted by molar-refractivity contribution is 6.37. The van der Waals surface area contributed by atoms with Crippen molar-refractivity contribution in [3.8, 4) is 11.3 Å². The Morgan fingerprint density at radius 1 is 1.30 bits per heavy atom. The predicted octanol–water partition coefficient (Wildman–Crippen LogP) is 2.59. The summed E-state index contributed by atoms with van der Waals surface area (Å²) in [5.74, 6) is 0.413. The highest BCUT2D eigenvalue weighted by Gasteiger charge is 2.17. The molecule has 0 fully saturated rings. The van der Waals surface area contributed by atoms with Gasteiger partial charge in [0.15, 0.2) is 5.82 Å². The molecule has 1 aromatic carbocycles. The van der Waals surface area contributed by atoms with Gasteiger partial charge in [0.25, 0.3) is 0 Å². The summed E-state index contributed by atoms with van der Waals surface area (Å²) in [6, 6.07) is 9.47. The first-order valence-corrected chi connectivity index (χ1v) is 6.54. The average Bonchev–Trinajstić information content (AvgIpc) is 2.45. The van der Waals surface area contributed by atoms with E-state index < -0.39 is 0 Å². The Morgan fingerprint density at radius 2 is 2.00 bits per heavy atom. The number of rotatable bonds is 5. The zero-order chi connectivity index (χ0) is 14.5. The first kappa shape index (κ1) is 14.4. The standard InChI is InChI=1S/C14H15ClN4O/c1-9(16)11-12(15)13(10-5-3-2-4-6-10)18-19-14(11)17-7-8-20/h2-6,16,20H,7-8H2,1H3,(H,17,19). The maximum atomic E-state index is 8.86. The molecule has 6 heteroatoms. The third-order valence-electron chi connectivity index (χ3n) is 2.74. The van der Waals surface area contributed by atoms with Gasteiger partial charge < -0.3 is 15.8 Å². The first-order chi connectivity index (χ1) is 9.65. The van der Waals surface area contributed by atoms with Gasteiger partial charge in [-0.05, 0) is 6.92 Å². The molecule has 2 rings (SSSR count). The van der Waals surface area contributed by atoms with E-state index in [9.17, 15) is 0 Å². The van der Waals surface area contributed by atoms with E-state index in [2.05, 4.69) is 15.5 Å². The molecule has 0 bridgehead atoms. The van der Waals surface area contributed by atoms with Crippen molar-refractivity contribution in [3.05, 3.63) is 40.9 Å². The number of nitrogens with zero attached hydrogens (tertiary/aromatic N) is 2. The van der Waals surface area contributed by atoms with Gasteiger partial charge in [0, 0.05) is 17.8 Å². The van der Waals surface area contributed by atoms with Crippen molar-refractivity contribution >= 4 is 23.1 Å². The molecule has 0 saturated heterocycles. The quantitative estimate of drug-likeness (QED) is 0.739. The molecule has 0 radical (unpaired) electrons. The minimum atomic E-state index is -0.0315. The molecule has 0 unspecified atom stereocenters. The summed E-state index contributed by atoms with van der Waals surface area (Å²) in [6.45, 7) is 1.94. The van der Waals surface area contributed by atoms with E-state index >= 15 is 0 Å². The topological polar surface area (TPSA) is 81.9 Å². The van der Waals surface area contributed by atoms with Gasteiger partial charge in [-0.3, -0.25) is 0 Å². The molecule has 0 aliphatic carbocycles. The SMILES string of the molecule is CC(=N)c1c(NCCO)nnc(-c2ccccc2)c1Cl. The van der Waals surface area contributed by atoms with Crippen molar-refractivity contribution in [2.45, 2.75) is 6.92 Å². The number of nitrogens with one attached hydrogen (secondary N) is 2. The van der Waals surface area contributed by atoms with Gasteiger partial charge in [-0.2, -0.15) is 0 Å². The Bertz CT molecular complexity index is 616. The minimum Gasteiger partial charge on any atom is -0.395 e. The summed E-state index contributed by atoms with van der Waals surface area (Å²) in [5.41, 5.74) is 2.20. The van der Waals surface area contributed by atoms with E-state index in [0.717, 1.165) is 5.56 Å². The summed E-state index contributed by atoms with van der Waals surface area (Å²) < 4.78 is 0. The normalized spacial score (nSPS) is 10.3. The molecule has 0 aliphatic rings. The van der Waals surface area contributed by atoms with E-state index in [1.54, 1.807) is 6.92 Å². The van der Waals surface area contributed by atoms with Crippen molar-refractivity contribution in [2.24, 2.45) is 0 Å². The Kier molecular flexibility index (Phi) is 4.65. The number of hydrogen-bond acceptors (Lipinski definition) is 5. The van der Waals surface area contributed by atoms with Crippen LogP contribution in [-0.2, 0) is 0 Å². The van der Waals surface area contributed by atoms with Gasteiger partial charge in [-0.25, -0.2) is 0 Å². The van der Waals surface area contributed by atoms with E-state index in [-0.39, 0.29) is 6.61 Å². The molecule has 20 heavy (non-hydrogen) atoms. The summed E-state index contributed by atoms with van der Waals surface area (Å²) in [6.07, 6.45) is 0. The first-order valence-electron chi connectivity index (χ1n) is 6.17. The van der Waals surface area contributed by atoms with Crippen molar-refractivity contribution in [1.82, 2.24) is 10.2 Å². The van der Waals surface area contributed by atoms with Crippen LogP contribution in [0.25, 0.3) is 11.3 Å². The van der Waals surface area contributed by atoms with Gasteiger partial charge in [-0.1, -0.05) is 41.9 Å². The number of aromatic nitrogens is 2. The largest absolute Gasteiger partial charge is 0.395 e. The van der Waals surface area contributed by atoms with Crippen LogP contribution in [-0.4, -0.2) is 34.2 Å². The molecule has 3 N–H and O–H groups in total. The summed E-state index contributed by atoms with van der Waals surface area (Å²) in [5, 5.41) is 28.2. The van der Waals surface area contributed by atoms with E-state index in [4.69, 9.17) is 22.1 Å². The number of hydrogen-bond donors (Lipinski definition) is 3. The number of aliphatic hydroxyl groups is 1. The van der Waals surface area contributed by atoms with Crippen LogP contribution in [0, 0.1) is 5.41 Å². The van der Waals surface area contributed by atoms with Crippen LogP contribution in [0.5, 0.6) is 0 Å². The summed E-state index contributed by atoms with van der Waals surface area (Å²) in [7, 11) is 0. The second kappa shape index (κ2) is 6.45. The van der Waals surface area contributed by atoms with Crippen LogP contribution in [0.1, 0.15) is 12.5 Å². The van der Waals surface area contributed by atoms with Crippen LogP contribution in [0.15, 0.2) is 30.3 Å². The van der Waals surface area contributed by atoms with Crippen molar-refractivity contribution < 1.29 is 5.11 Å². The van der Waals surface area contributed by atoms with Crippen LogP contribution >= 0.6 is 11.6 Å². The molecule has 1 heterocycles. The molecule has 0 spiro atoms. The third-order valence-corrected chi connectivity index (χ3v) is 3.11. The summed E-state index contributed by atoms with van der Waals surface area (Å²) in [4.78, 5) is 0.